The fourth-order valence-corrected chi connectivity index (χ4v) is 3.87. The van der Waals surface area contributed by atoms with Gasteiger partial charge >= 0.3 is 0 Å². The van der Waals surface area contributed by atoms with Crippen molar-refractivity contribution >= 4 is 14.4 Å². The van der Waals surface area contributed by atoms with Crippen LogP contribution in [0.25, 0.3) is 11.1 Å². The van der Waals surface area contributed by atoms with Crippen molar-refractivity contribution in [2.45, 2.75) is 6.42 Å². The third-order valence-corrected chi connectivity index (χ3v) is 5.15. The maximum Gasteiger partial charge on any atom is 0.199 e. The molecule has 1 atom stereocenters. The number of anilines is 1. The normalized spacial score (nSPS) is 15.4. The van der Waals surface area contributed by atoms with E-state index in [1.54, 1.807) is 0 Å². The summed E-state index contributed by atoms with van der Waals surface area (Å²) in [4.78, 5) is 0. The van der Waals surface area contributed by atoms with E-state index in [1.165, 1.54) is 0 Å². The topological polar surface area (TPSA) is 3.24 Å². The van der Waals surface area contributed by atoms with Gasteiger partial charge in [0.25, 0.3) is 0 Å². The van der Waals surface area contributed by atoms with E-state index in [0.29, 0.717) is 12.6 Å². The molecule has 0 spiro atoms. The molecule has 1 heterocycles. The second kappa shape index (κ2) is 6.44. The zero-order valence-corrected chi connectivity index (χ0v) is 13.2. The average molecular weight is 385 g/mol. The molecule has 2 aromatic carbocycles. The van der Waals surface area contributed by atoms with E-state index >= 15 is 0 Å². The van der Waals surface area contributed by atoms with Gasteiger partial charge in [-0.1, -0.05) is 0 Å². The lowest BCUT2D eigenvalue weighted by molar-refractivity contribution is 0.405. The Morgan fingerprint density at radius 3 is 1.92 bits per heavy atom. The maximum absolute atomic E-state index is 14.3. The Labute approximate surface area is 138 Å². The minimum absolute atomic E-state index is 0.0750. The summed E-state index contributed by atoms with van der Waals surface area (Å²) in [5.41, 5.74) is -3.28. The Morgan fingerprint density at radius 2 is 1.32 bits per heavy atom. The number of halogens is 8. The molecule has 1 aliphatic rings. The molecule has 0 radical (unpaired) electrons. The van der Waals surface area contributed by atoms with Gasteiger partial charge < -0.3 is 4.67 Å². The van der Waals surface area contributed by atoms with E-state index in [9.17, 15) is 35.1 Å². The summed E-state index contributed by atoms with van der Waals surface area (Å²) in [5, 5.41) is 0. The van der Waals surface area contributed by atoms with Crippen molar-refractivity contribution in [1.82, 2.24) is 0 Å². The van der Waals surface area contributed by atoms with E-state index in [0.717, 1.165) is 4.67 Å². The molecule has 0 amide bonds. The summed E-state index contributed by atoms with van der Waals surface area (Å²) in [6, 6.07) is 0.0750. The first kappa shape index (κ1) is 17.9. The third kappa shape index (κ3) is 2.74. The lowest BCUT2D eigenvalue weighted by Gasteiger charge is -2.23. The maximum atomic E-state index is 14.3. The highest BCUT2D eigenvalue weighted by atomic mass is 31.1. The molecule has 10 heteroatoms. The summed E-state index contributed by atoms with van der Waals surface area (Å²) in [6.45, 7) is 0.126. The van der Waals surface area contributed by atoms with Gasteiger partial charge in [0, 0.05) is 12.1 Å². The predicted molar refractivity (Wildman–Crippen MR) is 76.7 cm³/mol. The van der Waals surface area contributed by atoms with Gasteiger partial charge in [0.2, 0.25) is 0 Å². The summed E-state index contributed by atoms with van der Waals surface area (Å²) < 4.78 is 111. The minimum Gasteiger partial charge on any atom is -0.350 e. The van der Waals surface area contributed by atoms with Crippen LogP contribution in [0.5, 0.6) is 0 Å². The van der Waals surface area contributed by atoms with Crippen molar-refractivity contribution in [3.05, 3.63) is 52.6 Å². The molecule has 0 aliphatic carbocycles. The first-order valence-corrected chi connectivity index (χ1v) is 8.11. The van der Waals surface area contributed by atoms with Crippen molar-refractivity contribution in [3.63, 3.8) is 0 Å². The van der Waals surface area contributed by atoms with Gasteiger partial charge in [-0.25, -0.2) is 35.1 Å². The summed E-state index contributed by atoms with van der Waals surface area (Å²) in [5.74, 6) is -16.6. The molecule has 1 aliphatic heterocycles. The van der Waals surface area contributed by atoms with Crippen LogP contribution in [-0.2, 0) is 0 Å². The molecular formula is C15H8F8NP. The van der Waals surface area contributed by atoms with E-state index in [1.807, 2.05) is 0 Å². The second-order valence-electron chi connectivity index (χ2n) is 5.24. The minimum atomic E-state index is -2.27. The number of hydrogen-bond donors (Lipinski definition) is 0. The first-order chi connectivity index (χ1) is 11.8. The van der Waals surface area contributed by atoms with Crippen LogP contribution in [0.3, 0.4) is 0 Å². The molecule has 3 rings (SSSR count). The SMILES string of the molecule is Fc1cc(-c2c(F)c(F)c(F)c(F)c2N2CCCP2)c(F)c(F)c1F. The quantitative estimate of drug-likeness (QED) is 0.295. The lowest BCUT2D eigenvalue weighted by atomic mass is 10.00. The van der Waals surface area contributed by atoms with Crippen LogP contribution in [0.15, 0.2) is 6.07 Å². The fraction of sp³-hybridized carbons (Fsp3) is 0.200. The van der Waals surface area contributed by atoms with Crippen molar-refractivity contribution in [2.75, 3.05) is 17.4 Å². The molecule has 1 unspecified atom stereocenters. The molecule has 1 fully saturated rings. The number of benzene rings is 2. The van der Waals surface area contributed by atoms with Crippen LogP contribution < -0.4 is 4.67 Å². The van der Waals surface area contributed by atoms with Gasteiger partial charge in [0.15, 0.2) is 46.5 Å². The van der Waals surface area contributed by atoms with Crippen LogP contribution in [-0.4, -0.2) is 12.7 Å². The van der Waals surface area contributed by atoms with Crippen molar-refractivity contribution in [1.29, 1.82) is 0 Å². The molecule has 1 saturated heterocycles. The Kier molecular flexibility index (Phi) is 4.62. The van der Waals surface area contributed by atoms with Gasteiger partial charge in [0.05, 0.1) is 11.3 Å². The Hall–Kier alpha value is -1.89. The van der Waals surface area contributed by atoms with Crippen molar-refractivity contribution in [2.24, 2.45) is 0 Å². The number of rotatable bonds is 2. The van der Waals surface area contributed by atoms with Crippen LogP contribution in [0.1, 0.15) is 6.42 Å². The highest BCUT2D eigenvalue weighted by Crippen LogP contribution is 2.45. The molecule has 0 saturated carbocycles. The average Bonchev–Trinajstić information content (AvgIpc) is 3.12. The predicted octanol–water partition coefficient (Wildman–Crippen LogP) is 5.27. The zero-order chi connectivity index (χ0) is 18.5. The van der Waals surface area contributed by atoms with Gasteiger partial charge in [0.1, 0.15) is 0 Å². The van der Waals surface area contributed by atoms with E-state index in [-0.39, 0.29) is 21.3 Å². The van der Waals surface area contributed by atoms with E-state index < -0.39 is 63.4 Å². The molecule has 0 aromatic heterocycles. The number of hydrogen-bond acceptors (Lipinski definition) is 1. The van der Waals surface area contributed by atoms with Crippen LogP contribution >= 0.6 is 8.73 Å². The molecule has 134 valence electrons. The largest absolute Gasteiger partial charge is 0.350 e. The van der Waals surface area contributed by atoms with Crippen molar-refractivity contribution < 1.29 is 35.1 Å². The lowest BCUT2D eigenvalue weighted by Crippen LogP contribution is -2.15. The van der Waals surface area contributed by atoms with Gasteiger partial charge in [-0.3, -0.25) is 0 Å². The molecule has 0 N–H and O–H groups in total. The second-order valence-corrected chi connectivity index (χ2v) is 6.60. The fourth-order valence-electron chi connectivity index (χ4n) is 2.60. The van der Waals surface area contributed by atoms with Crippen LogP contribution in [0.2, 0.25) is 0 Å². The summed E-state index contributed by atoms with van der Waals surface area (Å²) in [6.07, 6.45) is 1.06. The highest BCUT2D eigenvalue weighted by Gasteiger charge is 2.33. The van der Waals surface area contributed by atoms with E-state index in [2.05, 4.69) is 0 Å². The van der Waals surface area contributed by atoms with Crippen molar-refractivity contribution in [3.8, 4) is 11.1 Å². The van der Waals surface area contributed by atoms with Crippen LogP contribution in [0.4, 0.5) is 40.8 Å². The highest BCUT2D eigenvalue weighted by molar-refractivity contribution is 7.40. The Morgan fingerprint density at radius 1 is 0.720 bits per heavy atom. The van der Waals surface area contributed by atoms with Gasteiger partial charge in [-0.15, -0.1) is 0 Å². The first-order valence-electron chi connectivity index (χ1n) is 6.96. The van der Waals surface area contributed by atoms with Crippen LogP contribution in [0, 0.1) is 46.5 Å². The Bertz CT molecular complexity index is 864. The third-order valence-electron chi connectivity index (χ3n) is 3.75. The molecule has 25 heavy (non-hydrogen) atoms. The Balaban J connectivity index is 2.40. The molecule has 1 nitrogen and oxygen atoms in total. The van der Waals surface area contributed by atoms with E-state index in [4.69, 9.17) is 0 Å². The molecular weight excluding hydrogens is 377 g/mol. The zero-order valence-electron chi connectivity index (χ0n) is 12.2. The number of nitrogens with zero attached hydrogens (tertiary/aromatic N) is 1. The summed E-state index contributed by atoms with van der Waals surface area (Å²) >= 11 is 0. The standard InChI is InChI=1S/C15H8F8NP/c16-6-4-5(8(17)11(20)9(6)18)7-10(19)12(21)13(22)14(23)15(7)24-2-1-3-25-24/h4,25H,1-3H2. The van der Waals surface area contributed by atoms with Gasteiger partial charge in [-0.2, -0.15) is 0 Å². The monoisotopic (exact) mass is 385 g/mol. The molecule has 0 bridgehead atoms. The molecule has 2 aromatic rings. The smallest absolute Gasteiger partial charge is 0.199 e. The van der Waals surface area contributed by atoms with Gasteiger partial charge in [-0.05, 0) is 27.4 Å². The summed E-state index contributed by atoms with van der Waals surface area (Å²) in [7, 11) is -0.153.